The molecule has 110 valence electrons. The molecule has 3 heteroatoms. The molecule has 1 aromatic carbocycles. The van der Waals surface area contributed by atoms with Crippen molar-refractivity contribution in [2.45, 2.75) is 31.3 Å². The number of para-hydroxylation sites is 1. The molecule has 21 heavy (non-hydrogen) atoms. The molecule has 2 N–H and O–H groups in total. The van der Waals surface area contributed by atoms with Crippen molar-refractivity contribution in [2.75, 3.05) is 19.6 Å². The van der Waals surface area contributed by atoms with Crippen LogP contribution in [-0.2, 0) is 6.42 Å². The molecule has 0 spiro atoms. The highest BCUT2D eigenvalue weighted by Crippen LogP contribution is 2.47. The van der Waals surface area contributed by atoms with Crippen LogP contribution in [-0.4, -0.2) is 41.6 Å². The molecule has 3 aliphatic heterocycles. The van der Waals surface area contributed by atoms with Crippen LogP contribution >= 0.6 is 0 Å². The Bertz CT molecular complexity index is 643. The molecular formula is C18H23N3. The highest BCUT2D eigenvalue weighted by atomic mass is 15.3. The van der Waals surface area contributed by atoms with E-state index < -0.39 is 0 Å². The summed E-state index contributed by atoms with van der Waals surface area (Å²) in [7, 11) is 0. The molecule has 2 bridgehead atoms. The van der Waals surface area contributed by atoms with Crippen LogP contribution in [0.4, 0.5) is 0 Å². The molecule has 4 atom stereocenters. The number of nitrogens with one attached hydrogen (secondary N) is 2. The number of benzene rings is 1. The highest BCUT2D eigenvalue weighted by Gasteiger charge is 2.53. The zero-order chi connectivity index (χ0) is 13.8. The number of hydrogen-bond donors (Lipinski definition) is 2. The van der Waals surface area contributed by atoms with E-state index in [1.54, 1.807) is 0 Å². The predicted molar refractivity (Wildman–Crippen MR) is 85.4 cm³/mol. The summed E-state index contributed by atoms with van der Waals surface area (Å²) in [5.41, 5.74) is 2.76. The van der Waals surface area contributed by atoms with Crippen LogP contribution in [0.15, 0.2) is 30.5 Å². The Morgan fingerprint density at radius 2 is 1.81 bits per heavy atom. The molecule has 0 saturated carbocycles. The first-order valence-electron chi connectivity index (χ1n) is 8.43. The van der Waals surface area contributed by atoms with E-state index in [0.717, 1.165) is 23.9 Å². The first kappa shape index (κ1) is 12.2. The summed E-state index contributed by atoms with van der Waals surface area (Å²) in [6, 6.07) is 10.4. The number of aromatic amines is 1. The van der Waals surface area contributed by atoms with E-state index in [1.807, 2.05) is 0 Å². The summed E-state index contributed by atoms with van der Waals surface area (Å²) >= 11 is 0. The van der Waals surface area contributed by atoms with Gasteiger partial charge < -0.3 is 10.3 Å². The molecule has 3 fully saturated rings. The van der Waals surface area contributed by atoms with Gasteiger partial charge >= 0.3 is 0 Å². The Morgan fingerprint density at radius 3 is 2.62 bits per heavy atom. The van der Waals surface area contributed by atoms with Crippen LogP contribution < -0.4 is 5.32 Å². The summed E-state index contributed by atoms with van der Waals surface area (Å²) in [5.74, 6) is 1.87. The van der Waals surface area contributed by atoms with Crippen molar-refractivity contribution in [3.8, 4) is 0 Å². The normalized spacial score (nSPS) is 34.9. The molecular weight excluding hydrogens is 258 g/mol. The van der Waals surface area contributed by atoms with Crippen molar-refractivity contribution in [3.05, 3.63) is 36.0 Å². The van der Waals surface area contributed by atoms with Crippen LogP contribution in [0, 0.1) is 11.8 Å². The second-order valence-electron chi connectivity index (χ2n) is 7.05. The van der Waals surface area contributed by atoms with Gasteiger partial charge in [-0.15, -0.1) is 0 Å². The van der Waals surface area contributed by atoms with E-state index in [2.05, 4.69) is 45.7 Å². The van der Waals surface area contributed by atoms with E-state index in [1.165, 1.54) is 55.4 Å². The van der Waals surface area contributed by atoms with Gasteiger partial charge in [-0.25, -0.2) is 0 Å². The molecule has 4 heterocycles. The van der Waals surface area contributed by atoms with Gasteiger partial charge in [-0.1, -0.05) is 18.2 Å². The lowest BCUT2D eigenvalue weighted by Gasteiger charge is -2.24. The minimum absolute atomic E-state index is 0.861. The molecule has 0 aliphatic carbocycles. The number of hydrogen-bond acceptors (Lipinski definition) is 2. The average Bonchev–Trinajstić information content (AvgIpc) is 3.26. The topological polar surface area (TPSA) is 31.1 Å². The van der Waals surface area contributed by atoms with E-state index >= 15 is 0 Å². The summed E-state index contributed by atoms with van der Waals surface area (Å²) in [5, 5.41) is 5.02. The van der Waals surface area contributed by atoms with Crippen LogP contribution in [0.5, 0.6) is 0 Å². The molecule has 2 aromatic rings. The van der Waals surface area contributed by atoms with Gasteiger partial charge in [-0.3, -0.25) is 4.90 Å². The summed E-state index contributed by atoms with van der Waals surface area (Å²) in [6.07, 6.45) is 6.26. The maximum absolute atomic E-state index is 3.61. The fraction of sp³-hybridized carbons (Fsp3) is 0.556. The van der Waals surface area contributed by atoms with Gasteiger partial charge in [-0.2, -0.15) is 0 Å². The monoisotopic (exact) mass is 281 g/mol. The number of H-pyrrole nitrogens is 1. The van der Waals surface area contributed by atoms with E-state index in [9.17, 15) is 0 Å². The lowest BCUT2D eigenvalue weighted by atomic mass is 9.82. The maximum atomic E-state index is 3.61. The van der Waals surface area contributed by atoms with Crippen molar-refractivity contribution in [2.24, 2.45) is 11.8 Å². The van der Waals surface area contributed by atoms with Crippen molar-refractivity contribution in [1.82, 2.24) is 15.2 Å². The molecule has 0 amide bonds. The SMILES string of the molecule is c1ccc2c(CCN3[C@@H]4CC[C@H]3[C@H]3CNC[C@H]34)c[nH]c2c1. The van der Waals surface area contributed by atoms with E-state index in [-0.39, 0.29) is 0 Å². The lowest BCUT2D eigenvalue weighted by Crippen LogP contribution is -2.35. The van der Waals surface area contributed by atoms with Crippen molar-refractivity contribution < 1.29 is 0 Å². The molecule has 1 aromatic heterocycles. The van der Waals surface area contributed by atoms with Gasteiger partial charge in [0, 0.05) is 35.7 Å². The number of aromatic nitrogens is 1. The van der Waals surface area contributed by atoms with Crippen molar-refractivity contribution in [3.63, 3.8) is 0 Å². The number of rotatable bonds is 3. The van der Waals surface area contributed by atoms with Gasteiger partial charge in [0.1, 0.15) is 0 Å². The van der Waals surface area contributed by atoms with Gasteiger partial charge in [0.25, 0.3) is 0 Å². The summed E-state index contributed by atoms with van der Waals surface area (Å²) in [4.78, 5) is 6.26. The number of fused-ring (bicyclic) bond motifs is 6. The standard InChI is InChI=1S/C18H23N3/c1-2-4-16-13(3-1)12(9-20-16)7-8-21-17-5-6-18(21)15-11-19-10-14(15)17/h1-4,9,14-15,17-20H,5-8,10-11H2/t14-,15+,17-,18+. The zero-order valence-electron chi connectivity index (χ0n) is 12.4. The van der Waals surface area contributed by atoms with Gasteiger partial charge in [0.2, 0.25) is 0 Å². The van der Waals surface area contributed by atoms with Crippen molar-refractivity contribution in [1.29, 1.82) is 0 Å². The fourth-order valence-corrected chi connectivity index (χ4v) is 5.32. The van der Waals surface area contributed by atoms with Crippen LogP contribution in [0.2, 0.25) is 0 Å². The van der Waals surface area contributed by atoms with E-state index in [4.69, 9.17) is 0 Å². The quantitative estimate of drug-likeness (QED) is 0.905. The maximum Gasteiger partial charge on any atom is 0.0456 e. The predicted octanol–water partition coefficient (Wildman–Crippen LogP) is 2.39. The van der Waals surface area contributed by atoms with Gasteiger partial charge in [-0.05, 0) is 55.8 Å². The average molecular weight is 281 g/mol. The first-order chi connectivity index (χ1) is 10.4. The third-order valence-electron chi connectivity index (χ3n) is 6.22. The second kappa shape index (κ2) is 4.59. The third-order valence-corrected chi connectivity index (χ3v) is 6.22. The molecule has 0 radical (unpaired) electrons. The largest absolute Gasteiger partial charge is 0.361 e. The summed E-state index contributed by atoms with van der Waals surface area (Å²) in [6.45, 7) is 3.76. The number of nitrogens with zero attached hydrogens (tertiary/aromatic N) is 1. The Morgan fingerprint density at radius 1 is 1.05 bits per heavy atom. The third kappa shape index (κ3) is 1.74. The molecule has 5 rings (SSSR count). The summed E-state index contributed by atoms with van der Waals surface area (Å²) < 4.78 is 0. The minimum atomic E-state index is 0.861. The highest BCUT2D eigenvalue weighted by molar-refractivity contribution is 5.83. The Kier molecular flexibility index (Phi) is 2.67. The Labute approximate surface area is 125 Å². The van der Waals surface area contributed by atoms with Gasteiger partial charge in [0.15, 0.2) is 0 Å². The van der Waals surface area contributed by atoms with Crippen molar-refractivity contribution >= 4 is 10.9 Å². The molecule has 3 saturated heterocycles. The second-order valence-corrected chi connectivity index (χ2v) is 7.05. The zero-order valence-corrected chi connectivity index (χ0v) is 12.4. The Balaban J connectivity index is 1.35. The van der Waals surface area contributed by atoms with E-state index in [0.29, 0.717) is 0 Å². The molecule has 3 aliphatic rings. The molecule has 0 unspecified atom stereocenters. The smallest absolute Gasteiger partial charge is 0.0456 e. The lowest BCUT2D eigenvalue weighted by molar-refractivity contribution is 0.230. The fourth-order valence-electron chi connectivity index (χ4n) is 5.32. The first-order valence-corrected chi connectivity index (χ1v) is 8.43. The van der Waals surface area contributed by atoms with Crippen LogP contribution in [0.3, 0.4) is 0 Å². The minimum Gasteiger partial charge on any atom is -0.361 e. The van der Waals surface area contributed by atoms with Crippen LogP contribution in [0.25, 0.3) is 10.9 Å². The Hall–Kier alpha value is -1.32. The van der Waals surface area contributed by atoms with Crippen LogP contribution in [0.1, 0.15) is 18.4 Å². The molecule has 3 nitrogen and oxygen atoms in total. The van der Waals surface area contributed by atoms with Gasteiger partial charge in [0.05, 0.1) is 0 Å².